The van der Waals surface area contributed by atoms with Crippen LogP contribution >= 0.6 is 0 Å². The zero-order valence-electron chi connectivity index (χ0n) is 15.6. The summed E-state index contributed by atoms with van der Waals surface area (Å²) in [6, 6.07) is 5.85. The van der Waals surface area contributed by atoms with Crippen molar-refractivity contribution in [2.45, 2.75) is 37.4 Å². The van der Waals surface area contributed by atoms with Crippen molar-refractivity contribution in [2.75, 3.05) is 26.8 Å². The van der Waals surface area contributed by atoms with Gasteiger partial charge in [-0.1, -0.05) is 0 Å². The number of nitrogens with one attached hydrogen (secondary N) is 2. The fraction of sp³-hybridized carbons (Fsp3) is 0.529. The van der Waals surface area contributed by atoms with Crippen molar-refractivity contribution in [3.05, 3.63) is 24.3 Å². The lowest BCUT2D eigenvalue weighted by Gasteiger charge is -2.34. The number of hydrogen-bond donors (Lipinski definition) is 2. The standard InChI is InChI=1S/C17H25N3O6S/c1-12(2)19-17(22)16(21)18-11-15-20(9-4-10-26-15)27(23,24)14-7-5-13(25-3)6-8-14/h5-8,12,15H,4,9-11H2,1-3H3,(H,18,21)(H,19,22)/t15-/m1/s1. The van der Waals surface area contributed by atoms with Gasteiger partial charge in [-0.3, -0.25) is 9.59 Å². The van der Waals surface area contributed by atoms with Crippen LogP contribution in [0.3, 0.4) is 0 Å². The minimum absolute atomic E-state index is 0.0997. The molecule has 0 aliphatic carbocycles. The smallest absolute Gasteiger partial charge is 0.309 e. The molecule has 1 atom stereocenters. The Morgan fingerprint density at radius 3 is 2.52 bits per heavy atom. The Morgan fingerprint density at radius 2 is 1.93 bits per heavy atom. The predicted octanol–water partition coefficient (Wildman–Crippen LogP) is 0.0731. The summed E-state index contributed by atoms with van der Waals surface area (Å²) < 4.78 is 37.6. The van der Waals surface area contributed by atoms with Gasteiger partial charge >= 0.3 is 11.8 Å². The molecular weight excluding hydrogens is 374 g/mol. The first-order chi connectivity index (χ1) is 12.8. The third-order valence-electron chi connectivity index (χ3n) is 3.88. The number of ether oxygens (including phenoxy) is 2. The maximum Gasteiger partial charge on any atom is 0.309 e. The Kier molecular flexibility index (Phi) is 7.17. The molecule has 2 rings (SSSR count). The number of hydrogen-bond acceptors (Lipinski definition) is 6. The Balaban J connectivity index is 2.09. The fourth-order valence-electron chi connectivity index (χ4n) is 2.57. The van der Waals surface area contributed by atoms with Crippen LogP contribution in [0.15, 0.2) is 29.2 Å². The van der Waals surface area contributed by atoms with Gasteiger partial charge in [0.2, 0.25) is 10.0 Å². The summed E-state index contributed by atoms with van der Waals surface area (Å²) in [7, 11) is -2.33. The Labute approximate surface area is 159 Å². The van der Waals surface area contributed by atoms with Gasteiger partial charge in [0.15, 0.2) is 0 Å². The minimum Gasteiger partial charge on any atom is -0.497 e. The molecule has 0 bridgehead atoms. The highest BCUT2D eigenvalue weighted by Crippen LogP contribution is 2.23. The van der Waals surface area contributed by atoms with Crippen LogP contribution in [0.4, 0.5) is 0 Å². The molecule has 0 aromatic heterocycles. The average Bonchev–Trinajstić information content (AvgIpc) is 2.65. The molecule has 0 saturated carbocycles. The molecule has 1 aliphatic rings. The first-order valence-corrected chi connectivity index (χ1v) is 10.1. The number of methoxy groups -OCH3 is 1. The van der Waals surface area contributed by atoms with Crippen LogP contribution < -0.4 is 15.4 Å². The van der Waals surface area contributed by atoms with Crippen molar-refractivity contribution in [2.24, 2.45) is 0 Å². The van der Waals surface area contributed by atoms with Gasteiger partial charge in [-0.15, -0.1) is 0 Å². The number of carbonyl (C=O) groups is 2. The van der Waals surface area contributed by atoms with Crippen LogP contribution in [0.5, 0.6) is 5.75 Å². The topological polar surface area (TPSA) is 114 Å². The highest BCUT2D eigenvalue weighted by atomic mass is 32.2. The van der Waals surface area contributed by atoms with Gasteiger partial charge < -0.3 is 20.1 Å². The molecule has 1 heterocycles. The summed E-state index contributed by atoms with van der Waals surface area (Å²) in [5, 5.41) is 4.90. The van der Waals surface area contributed by atoms with Gasteiger partial charge in [0, 0.05) is 12.6 Å². The molecule has 1 saturated heterocycles. The number of rotatable bonds is 6. The van der Waals surface area contributed by atoms with Crippen molar-refractivity contribution >= 4 is 21.8 Å². The van der Waals surface area contributed by atoms with Crippen LogP contribution in [0.2, 0.25) is 0 Å². The normalized spacial score (nSPS) is 18.1. The molecule has 0 radical (unpaired) electrons. The van der Waals surface area contributed by atoms with Crippen molar-refractivity contribution in [3.8, 4) is 5.75 Å². The van der Waals surface area contributed by atoms with Gasteiger partial charge in [-0.05, 0) is 44.5 Å². The maximum atomic E-state index is 12.9. The third kappa shape index (κ3) is 5.41. The second-order valence-electron chi connectivity index (χ2n) is 6.31. The largest absolute Gasteiger partial charge is 0.497 e. The van der Waals surface area contributed by atoms with E-state index in [1.165, 1.54) is 23.5 Å². The number of benzene rings is 1. The van der Waals surface area contributed by atoms with E-state index in [4.69, 9.17) is 9.47 Å². The molecule has 1 aliphatic heterocycles. The van der Waals surface area contributed by atoms with Crippen molar-refractivity contribution in [1.29, 1.82) is 0 Å². The maximum absolute atomic E-state index is 12.9. The van der Waals surface area contributed by atoms with Crippen molar-refractivity contribution in [3.63, 3.8) is 0 Å². The second kappa shape index (κ2) is 9.16. The second-order valence-corrected chi connectivity index (χ2v) is 8.20. The minimum atomic E-state index is -3.82. The number of carbonyl (C=O) groups excluding carboxylic acids is 2. The molecular formula is C17H25N3O6S. The number of amides is 2. The Morgan fingerprint density at radius 1 is 1.26 bits per heavy atom. The van der Waals surface area contributed by atoms with Crippen molar-refractivity contribution < 1.29 is 27.5 Å². The van der Waals surface area contributed by atoms with E-state index < -0.39 is 28.1 Å². The zero-order chi connectivity index (χ0) is 20.0. The van der Waals surface area contributed by atoms with E-state index in [9.17, 15) is 18.0 Å². The van der Waals surface area contributed by atoms with Gasteiger partial charge in [-0.25, -0.2) is 8.42 Å². The van der Waals surface area contributed by atoms with Gasteiger partial charge in [0.25, 0.3) is 0 Å². The van der Waals surface area contributed by atoms with Gasteiger partial charge in [0.1, 0.15) is 12.0 Å². The molecule has 0 spiro atoms. The van der Waals surface area contributed by atoms with Crippen LogP contribution in [0.1, 0.15) is 20.3 Å². The Bertz CT molecular complexity index is 763. The van der Waals surface area contributed by atoms with Crippen LogP contribution in [0, 0.1) is 0 Å². The van der Waals surface area contributed by atoms with E-state index in [2.05, 4.69) is 10.6 Å². The lowest BCUT2D eigenvalue weighted by molar-refractivity contribution is -0.140. The van der Waals surface area contributed by atoms with Crippen LogP contribution in [-0.2, 0) is 24.3 Å². The summed E-state index contributed by atoms with van der Waals surface area (Å²) in [5.74, 6) is -1.06. The van der Waals surface area contributed by atoms with E-state index in [0.717, 1.165) is 0 Å². The van der Waals surface area contributed by atoms with Crippen LogP contribution in [0.25, 0.3) is 0 Å². The summed E-state index contributed by atoms with van der Waals surface area (Å²) in [6.07, 6.45) is -0.352. The number of sulfonamides is 1. The summed E-state index contributed by atoms with van der Waals surface area (Å²) in [6.45, 7) is 3.97. The first-order valence-electron chi connectivity index (χ1n) is 8.62. The van der Waals surface area contributed by atoms with E-state index in [1.54, 1.807) is 26.0 Å². The lowest BCUT2D eigenvalue weighted by Crippen LogP contribution is -2.53. The van der Waals surface area contributed by atoms with E-state index in [1.807, 2.05) is 0 Å². The van der Waals surface area contributed by atoms with Gasteiger partial charge in [-0.2, -0.15) is 4.31 Å². The molecule has 0 unspecified atom stereocenters. The predicted molar refractivity (Wildman–Crippen MR) is 97.5 cm³/mol. The van der Waals surface area contributed by atoms with Crippen LogP contribution in [-0.4, -0.2) is 63.6 Å². The molecule has 2 N–H and O–H groups in total. The summed E-state index contributed by atoms with van der Waals surface area (Å²) >= 11 is 0. The molecule has 27 heavy (non-hydrogen) atoms. The lowest BCUT2D eigenvalue weighted by atomic mass is 10.3. The zero-order valence-corrected chi connectivity index (χ0v) is 16.4. The van der Waals surface area contributed by atoms with E-state index >= 15 is 0 Å². The molecule has 9 nitrogen and oxygen atoms in total. The Hall–Kier alpha value is -2.17. The van der Waals surface area contributed by atoms with E-state index in [0.29, 0.717) is 18.8 Å². The fourth-order valence-corrected chi connectivity index (χ4v) is 4.14. The summed E-state index contributed by atoms with van der Waals surface area (Å²) in [4.78, 5) is 23.6. The SMILES string of the molecule is COc1ccc(S(=O)(=O)N2CCCO[C@@H]2CNC(=O)C(=O)NC(C)C)cc1. The molecule has 10 heteroatoms. The molecule has 1 aromatic carbocycles. The first kappa shape index (κ1) is 21.1. The average molecular weight is 399 g/mol. The third-order valence-corrected chi connectivity index (χ3v) is 5.79. The number of nitrogens with zero attached hydrogens (tertiary/aromatic N) is 1. The summed E-state index contributed by atoms with van der Waals surface area (Å²) in [5.41, 5.74) is 0. The van der Waals surface area contributed by atoms with E-state index in [-0.39, 0.29) is 24.0 Å². The molecule has 2 amide bonds. The highest BCUT2D eigenvalue weighted by Gasteiger charge is 2.35. The quantitative estimate of drug-likeness (QED) is 0.655. The van der Waals surface area contributed by atoms with Crippen molar-refractivity contribution in [1.82, 2.24) is 14.9 Å². The monoisotopic (exact) mass is 399 g/mol. The molecule has 1 fully saturated rings. The highest BCUT2D eigenvalue weighted by molar-refractivity contribution is 7.89. The molecule has 150 valence electrons. The molecule has 1 aromatic rings. The van der Waals surface area contributed by atoms with Gasteiger partial charge in [0.05, 0.1) is 25.2 Å².